The van der Waals surface area contributed by atoms with Crippen molar-refractivity contribution in [2.45, 2.75) is 413 Å². The van der Waals surface area contributed by atoms with Crippen molar-refractivity contribution < 1.29 is 80.2 Å². The summed E-state index contributed by atoms with van der Waals surface area (Å²) in [5, 5.41) is 10.6. The van der Waals surface area contributed by atoms with Crippen LogP contribution in [0.1, 0.15) is 395 Å². The van der Waals surface area contributed by atoms with Crippen LogP contribution in [0, 0.1) is 11.8 Å². The second-order valence-corrected chi connectivity index (χ2v) is 31.0. The predicted molar refractivity (Wildman–Crippen MR) is 386 cm³/mol. The lowest BCUT2D eigenvalue weighted by Crippen LogP contribution is -2.30. The molecular weight excluding hydrogens is 1250 g/mol. The van der Waals surface area contributed by atoms with E-state index in [1.807, 2.05) is 0 Å². The molecular formula is C76H148O17P2. The first-order valence-electron chi connectivity index (χ1n) is 39.5. The Kier molecular flexibility index (Phi) is 66.5. The number of unbranched alkanes of at least 4 members (excludes halogenated alkanes) is 44. The first kappa shape index (κ1) is 93.1. The monoisotopic (exact) mass is 1400 g/mol. The summed E-state index contributed by atoms with van der Waals surface area (Å²) >= 11 is 0. The molecule has 0 saturated heterocycles. The van der Waals surface area contributed by atoms with E-state index in [9.17, 15) is 43.2 Å². The number of esters is 4. The fourth-order valence-corrected chi connectivity index (χ4v) is 13.2. The van der Waals surface area contributed by atoms with E-state index in [2.05, 4.69) is 41.5 Å². The number of phosphoric ester groups is 2. The quantitative estimate of drug-likeness (QED) is 0.0222. The van der Waals surface area contributed by atoms with Crippen LogP contribution in [-0.2, 0) is 65.4 Å². The molecule has 17 nitrogen and oxygen atoms in total. The topological polar surface area (TPSA) is 237 Å². The molecule has 564 valence electrons. The molecule has 6 atom stereocenters. The van der Waals surface area contributed by atoms with E-state index in [-0.39, 0.29) is 25.7 Å². The van der Waals surface area contributed by atoms with Crippen molar-refractivity contribution in [1.29, 1.82) is 0 Å². The summed E-state index contributed by atoms with van der Waals surface area (Å²) in [6.45, 7) is 9.56. The number of carbonyl (C=O) groups excluding carboxylic acids is 4. The molecule has 0 amide bonds. The van der Waals surface area contributed by atoms with E-state index in [4.69, 9.17) is 37.0 Å². The van der Waals surface area contributed by atoms with Gasteiger partial charge in [-0.1, -0.05) is 343 Å². The molecule has 0 heterocycles. The number of hydrogen-bond donors (Lipinski definition) is 3. The van der Waals surface area contributed by atoms with Gasteiger partial charge in [0, 0.05) is 25.7 Å². The molecule has 0 aromatic rings. The van der Waals surface area contributed by atoms with E-state index in [1.54, 1.807) is 0 Å². The van der Waals surface area contributed by atoms with Crippen LogP contribution in [0.2, 0.25) is 0 Å². The van der Waals surface area contributed by atoms with Crippen LogP contribution in [0.5, 0.6) is 0 Å². The van der Waals surface area contributed by atoms with Crippen molar-refractivity contribution in [3.05, 3.63) is 0 Å². The molecule has 19 heteroatoms. The average Bonchev–Trinajstić information content (AvgIpc) is 1.41. The van der Waals surface area contributed by atoms with Gasteiger partial charge in [-0.05, 0) is 37.5 Å². The third kappa shape index (κ3) is 69.0. The van der Waals surface area contributed by atoms with Crippen molar-refractivity contribution in [3.63, 3.8) is 0 Å². The molecule has 95 heavy (non-hydrogen) atoms. The van der Waals surface area contributed by atoms with Crippen LogP contribution in [0.3, 0.4) is 0 Å². The highest BCUT2D eigenvalue weighted by Gasteiger charge is 2.30. The summed E-state index contributed by atoms with van der Waals surface area (Å²) in [5.74, 6) is -0.592. The van der Waals surface area contributed by atoms with Crippen molar-refractivity contribution in [2.24, 2.45) is 11.8 Å². The van der Waals surface area contributed by atoms with Crippen LogP contribution < -0.4 is 0 Å². The van der Waals surface area contributed by atoms with Gasteiger partial charge in [0.2, 0.25) is 0 Å². The fourth-order valence-electron chi connectivity index (χ4n) is 11.6. The summed E-state index contributed by atoms with van der Waals surface area (Å²) in [5.41, 5.74) is 0. The van der Waals surface area contributed by atoms with Crippen LogP contribution in [0.25, 0.3) is 0 Å². The highest BCUT2D eigenvalue weighted by Crippen LogP contribution is 2.45. The Hall–Kier alpha value is -1.94. The summed E-state index contributed by atoms with van der Waals surface area (Å²) < 4.78 is 68.4. The van der Waals surface area contributed by atoms with Gasteiger partial charge in [0.25, 0.3) is 0 Å². The summed E-state index contributed by atoms with van der Waals surface area (Å²) in [7, 11) is -9.91. The van der Waals surface area contributed by atoms with Crippen molar-refractivity contribution in [3.8, 4) is 0 Å². The maximum atomic E-state index is 13.1. The van der Waals surface area contributed by atoms with Gasteiger partial charge < -0.3 is 33.8 Å². The zero-order valence-corrected chi connectivity index (χ0v) is 63.8. The van der Waals surface area contributed by atoms with Crippen molar-refractivity contribution >= 4 is 39.5 Å². The fraction of sp³-hybridized carbons (Fsp3) is 0.947. The SMILES string of the molecule is CCCCCCCCCCCCCCCCCCCCCCCC(=O)O[C@H](COC(=O)CCCCCCCCCCCCC(C)CC)COP(=O)(O)OC[C@@H](O)COP(=O)(O)OC[C@@H](COC(=O)CCCCCCCCCCC)OC(=O)CCCCCCCCCCC(C)C. The molecule has 0 saturated carbocycles. The Labute approximate surface area is 581 Å². The van der Waals surface area contributed by atoms with Crippen LogP contribution >= 0.6 is 15.6 Å². The normalized spacial score (nSPS) is 14.3. The van der Waals surface area contributed by atoms with Crippen molar-refractivity contribution in [2.75, 3.05) is 39.6 Å². The van der Waals surface area contributed by atoms with Crippen LogP contribution in [0.15, 0.2) is 0 Å². The number of carbonyl (C=O) groups is 4. The standard InChI is InChI=1S/C76H148O17P2/c1-7-10-12-14-16-18-19-20-21-22-23-24-25-26-27-28-29-35-42-48-54-60-75(80)92-71(65-87-74(79)59-53-47-41-34-31-30-33-39-45-51-57-69(6)9-3)66-90-94(82,83)88-62-70(77)63-89-95(84,85)91-67-72(64-86-73(78)58-52-46-40-32-17-15-13-11-8-2)93-76(81)61-55-49-43-37-36-38-44-50-56-68(4)5/h68-72,77H,7-67H2,1-6H3,(H,82,83)(H,84,85)/t69?,70-,71-,72-/m1/s1. The molecule has 0 aromatic carbocycles. The summed E-state index contributed by atoms with van der Waals surface area (Å²) in [6.07, 6.45) is 55.6. The Bertz CT molecular complexity index is 1840. The predicted octanol–water partition coefficient (Wildman–Crippen LogP) is 22.3. The highest BCUT2D eigenvalue weighted by molar-refractivity contribution is 7.47. The summed E-state index contributed by atoms with van der Waals surface area (Å²) in [6, 6.07) is 0. The molecule has 0 aliphatic heterocycles. The lowest BCUT2D eigenvalue weighted by Gasteiger charge is -2.21. The lowest BCUT2D eigenvalue weighted by atomic mass is 9.99. The second-order valence-electron chi connectivity index (χ2n) is 28.1. The van der Waals surface area contributed by atoms with Gasteiger partial charge in [-0.2, -0.15) is 0 Å². The Morgan fingerprint density at radius 3 is 0.800 bits per heavy atom. The molecule has 0 aliphatic rings. The molecule has 0 fully saturated rings. The van der Waals surface area contributed by atoms with Crippen LogP contribution in [-0.4, -0.2) is 96.7 Å². The Balaban J connectivity index is 5.19. The molecule has 3 unspecified atom stereocenters. The van der Waals surface area contributed by atoms with Gasteiger partial charge in [-0.3, -0.25) is 37.3 Å². The van der Waals surface area contributed by atoms with Gasteiger partial charge in [-0.15, -0.1) is 0 Å². The van der Waals surface area contributed by atoms with E-state index in [0.29, 0.717) is 25.7 Å². The lowest BCUT2D eigenvalue weighted by molar-refractivity contribution is -0.161. The summed E-state index contributed by atoms with van der Waals surface area (Å²) in [4.78, 5) is 72.7. The smallest absolute Gasteiger partial charge is 0.462 e. The Morgan fingerprint density at radius 2 is 0.537 bits per heavy atom. The first-order valence-corrected chi connectivity index (χ1v) is 42.5. The van der Waals surface area contributed by atoms with E-state index >= 15 is 0 Å². The Morgan fingerprint density at radius 1 is 0.305 bits per heavy atom. The number of hydrogen-bond acceptors (Lipinski definition) is 15. The molecule has 0 spiro atoms. The molecule has 0 rings (SSSR count). The van der Waals surface area contributed by atoms with Gasteiger partial charge >= 0.3 is 39.5 Å². The highest BCUT2D eigenvalue weighted by atomic mass is 31.2. The number of phosphoric acid groups is 2. The third-order valence-corrected chi connectivity index (χ3v) is 20.0. The van der Waals surface area contributed by atoms with E-state index in [0.717, 1.165) is 102 Å². The second kappa shape index (κ2) is 67.9. The maximum absolute atomic E-state index is 13.1. The van der Waals surface area contributed by atoms with E-state index in [1.165, 1.54) is 212 Å². The van der Waals surface area contributed by atoms with Gasteiger partial charge in [0.1, 0.15) is 19.3 Å². The molecule has 0 aromatic heterocycles. The van der Waals surface area contributed by atoms with Gasteiger partial charge in [0.15, 0.2) is 12.2 Å². The average molecular weight is 1400 g/mol. The molecule has 0 bridgehead atoms. The minimum Gasteiger partial charge on any atom is -0.462 e. The minimum absolute atomic E-state index is 0.105. The zero-order valence-electron chi connectivity index (χ0n) is 62.0. The zero-order chi connectivity index (χ0) is 70.0. The molecule has 3 N–H and O–H groups in total. The number of ether oxygens (including phenoxy) is 4. The van der Waals surface area contributed by atoms with Gasteiger partial charge in [0.05, 0.1) is 26.4 Å². The number of aliphatic hydroxyl groups is 1. The first-order chi connectivity index (χ1) is 45.9. The third-order valence-electron chi connectivity index (χ3n) is 18.1. The molecule has 0 radical (unpaired) electrons. The largest absolute Gasteiger partial charge is 0.472 e. The minimum atomic E-state index is -4.96. The van der Waals surface area contributed by atoms with E-state index < -0.39 is 97.5 Å². The van der Waals surface area contributed by atoms with Crippen LogP contribution in [0.4, 0.5) is 0 Å². The maximum Gasteiger partial charge on any atom is 0.472 e. The molecule has 0 aliphatic carbocycles. The number of aliphatic hydroxyl groups excluding tert-OH is 1. The number of rotatable bonds is 75. The van der Waals surface area contributed by atoms with Gasteiger partial charge in [-0.25, -0.2) is 9.13 Å². The van der Waals surface area contributed by atoms with Crippen molar-refractivity contribution in [1.82, 2.24) is 0 Å².